The molecular weight excluding hydrogens is 324 g/mol. The summed E-state index contributed by atoms with van der Waals surface area (Å²) in [7, 11) is 0. The van der Waals surface area contributed by atoms with E-state index in [1.165, 1.54) is 0 Å². The fraction of sp³-hybridized carbons (Fsp3) is 0.167. The lowest BCUT2D eigenvalue weighted by atomic mass is 10.1. The van der Waals surface area contributed by atoms with Gasteiger partial charge in [0.2, 0.25) is 5.91 Å². The summed E-state index contributed by atoms with van der Waals surface area (Å²) in [5, 5.41) is 7.83. The number of aryl methyl sites for hydroxylation is 1. The van der Waals surface area contributed by atoms with Gasteiger partial charge in [-0.1, -0.05) is 35.9 Å². The van der Waals surface area contributed by atoms with Gasteiger partial charge in [0.25, 0.3) is 0 Å². The number of halogens is 1. The zero-order valence-corrected chi connectivity index (χ0v) is 13.8. The Balaban J connectivity index is 1.53. The molecule has 1 N–H and O–H groups in total. The number of aromatic nitrogens is 3. The molecule has 2 heterocycles. The fourth-order valence-electron chi connectivity index (χ4n) is 2.33. The van der Waals surface area contributed by atoms with Crippen LogP contribution in [-0.2, 0) is 17.8 Å². The molecule has 1 aromatic carbocycles. The maximum atomic E-state index is 12.0. The van der Waals surface area contributed by atoms with Gasteiger partial charge in [0.1, 0.15) is 0 Å². The monoisotopic (exact) mass is 340 g/mol. The summed E-state index contributed by atoms with van der Waals surface area (Å²) in [6, 6.07) is 15.1. The molecule has 1 amide bonds. The Hall–Kier alpha value is -2.66. The molecule has 0 bridgehead atoms. The summed E-state index contributed by atoms with van der Waals surface area (Å²) in [4.78, 5) is 16.3. The van der Waals surface area contributed by atoms with Gasteiger partial charge in [-0.25, -0.2) is 0 Å². The van der Waals surface area contributed by atoms with E-state index in [-0.39, 0.29) is 5.91 Å². The van der Waals surface area contributed by atoms with Crippen molar-refractivity contribution < 1.29 is 4.79 Å². The quantitative estimate of drug-likeness (QED) is 0.746. The highest BCUT2D eigenvalue weighted by molar-refractivity contribution is 6.31. The number of benzene rings is 1. The van der Waals surface area contributed by atoms with Crippen LogP contribution in [0, 0.1) is 0 Å². The van der Waals surface area contributed by atoms with Gasteiger partial charge < -0.3 is 5.32 Å². The lowest BCUT2D eigenvalue weighted by Crippen LogP contribution is -2.13. The van der Waals surface area contributed by atoms with Crippen molar-refractivity contribution in [2.45, 2.75) is 19.4 Å². The lowest BCUT2D eigenvalue weighted by molar-refractivity contribution is -0.116. The van der Waals surface area contributed by atoms with Gasteiger partial charge in [0.15, 0.2) is 5.82 Å². The van der Waals surface area contributed by atoms with Crippen LogP contribution in [0.15, 0.2) is 60.9 Å². The van der Waals surface area contributed by atoms with Gasteiger partial charge in [-0.05, 0) is 30.2 Å². The highest BCUT2D eigenvalue weighted by atomic mass is 35.5. The average molecular weight is 341 g/mol. The van der Waals surface area contributed by atoms with Gasteiger partial charge in [0.05, 0.1) is 12.2 Å². The minimum absolute atomic E-state index is 0.0852. The van der Waals surface area contributed by atoms with Crippen LogP contribution in [0.1, 0.15) is 17.7 Å². The first-order valence-corrected chi connectivity index (χ1v) is 8.05. The van der Waals surface area contributed by atoms with Crippen molar-refractivity contribution in [3.63, 3.8) is 0 Å². The van der Waals surface area contributed by atoms with E-state index < -0.39 is 0 Å². The number of carbonyl (C=O) groups is 1. The first-order chi connectivity index (χ1) is 11.7. The van der Waals surface area contributed by atoms with Crippen LogP contribution >= 0.6 is 11.6 Å². The van der Waals surface area contributed by atoms with E-state index in [9.17, 15) is 4.79 Å². The summed E-state index contributed by atoms with van der Waals surface area (Å²) in [5.74, 6) is 0.452. The Bertz CT molecular complexity index is 817. The summed E-state index contributed by atoms with van der Waals surface area (Å²) >= 11 is 6.09. The summed E-state index contributed by atoms with van der Waals surface area (Å²) in [6.45, 7) is 0.566. The van der Waals surface area contributed by atoms with Crippen LogP contribution in [0.3, 0.4) is 0 Å². The minimum Gasteiger partial charge on any atom is -0.309 e. The summed E-state index contributed by atoms with van der Waals surface area (Å²) in [6.07, 6.45) is 4.52. The smallest absolute Gasteiger partial charge is 0.225 e. The number of pyridine rings is 1. The summed E-state index contributed by atoms with van der Waals surface area (Å²) in [5.41, 5.74) is 1.88. The first kappa shape index (κ1) is 16.2. The Morgan fingerprint density at radius 3 is 2.75 bits per heavy atom. The van der Waals surface area contributed by atoms with Crippen LogP contribution in [0.4, 0.5) is 5.82 Å². The maximum Gasteiger partial charge on any atom is 0.225 e. The number of rotatable bonds is 6. The molecule has 0 unspecified atom stereocenters. The predicted molar refractivity (Wildman–Crippen MR) is 94.0 cm³/mol. The van der Waals surface area contributed by atoms with Crippen LogP contribution in [0.2, 0.25) is 5.02 Å². The van der Waals surface area contributed by atoms with Gasteiger partial charge in [0, 0.05) is 29.9 Å². The van der Waals surface area contributed by atoms with E-state index in [0.29, 0.717) is 30.2 Å². The van der Waals surface area contributed by atoms with Crippen molar-refractivity contribution in [2.75, 3.05) is 5.32 Å². The number of hydrogen-bond donors (Lipinski definition) is 1. The minimum atomic E-state index is -0.0852. The number of amides is 1. The molecule has 0 fully saturated rings. The Morgan fingerprint density at radius 2 is 1.96 bits per heavy atom. The maximum absolute atomic E-state index is 12.0. The molecule has 122 valence electrons. The van der Waals surface area contributed by atoms with E-state index in [2.05, 4.69) is 15.4 Å². The average Bonchev–Trinajstić information content (AvgIpc) is 3.02. The molecular formula is C18H17ClN4O. The highest BCUT2D eigenvalue weighted by Crippen LogP contribution is 2.16. The van der Waals surface area contributed by atoms with Crippen LogP contribution in [-0.4, -0.2) is 20.7 Å². The third kappa shape index (κ3) is 4.43. The number of anilines is 1. The Morgan fingerprint density at radius 1 is 1.12 bits per heavy atom. The topological polar surface area (TPSA) is 59.8 Å². The highest BCUT2D eigenvalue weighted by Gasteiger charge is 2.07. The molecule has 0 aliphatic carbocycles. The second-order valence-corrected chi connectivity index (χ2v) is 5.77. The Kier molecular flexibility index (Phi) is 5.23. The van der Waals surface area contributed by atoms with Crippen molar-refractivity contribution in [3.8, 4) is 0 Å². The molecule has 0 aliphatic rings. The molecule has 3 aromatic rings. The number of nitrogens with one attached hydrogen (secondary N) is 1. The van der Waals surface area contributed by atoms with Crippen molar-refractivity contribution in [3.05, 3.63) is 77.2 Å². The third-order valence-electron chi connectivity index (χ3n) is 3.54. The predicted octanol–water partition coefficient (Wildman–Crippen LogP) is 3.55. The second kappa shape index (κ2) is 7.75. The van der Waals surface area contributed by atoms with Crippen LogP contribution in [0.5, 0.6) is 0 Å². The zero-order chi connectivity index (χ0) is 16.8. The molecule has 6 heteroatoms. The molecule has 3 rings (SSSR count). The molecule has 24 heavy (non-hydrogen) atoms. The van der Waals surface area contributed by atoms with Crippen LogP contribution < -0.4 is 5.32 Å². The first-order valence-electron chi connectivity index (χ1n) is 7.67. The normalized spacial score (nSPS) is 10.5. The molecule has 0 atom stereocenters. The van der Waals surface area contributed by atoms with Gasteiger partial charge in [-0.3, -0.25) is 14.5 Å². The number of nitrogens with zero attached hydrogens (tertiary/aromatic N) is 3. The largest absolute Gasteiger partial charge is 0.309 e. The molecule has 0 spiro atoms. The van der Waals surface area contributed by atoms with Crippen molar-refractivity contribution in [2.24, 2.45) is 0 Å². The summed E-state index contributed by atoms with van der Waals surface area (Å²) < 4.78 is 1.74. The molecule has 0 saturated carbocycles. The zero-order valence-electron chi connectivity index (χ0n) is 13.0. The number of hydrogen-bond acceptors (Lipinski definition) is 3. The van der Waals surface area contributed by atoms with E-state index in [0.717, 1.165) is 11.3 Å². The van der Waals surface area contributed by atoms with E-state index in [4.69, 9.17) is 11.6 Å². The number of carbonyl (C=O) groups excluding carboxylic acids is 1. The van der Waals surface area contributed by atoms with E-state index in [1.54, 1.807) is 16.9 Å². The van der Waals surface area contributed by atoms with Crippen LogP contribution in [0.25, 0.3) is 0 Å². The molecule has 2 aromatic heterocycles. The molecule has 5 nitrogen and oxygen atoms in total. The Labute approximate surface area is 145 Å². The lowest BCUT2D eigenvalue weighted by Gasteiger charge is -2.04. The van der Waals surface area contributed by atoms with Gasteiger partial charge >= 0.3 is 0 Å². The standard InChI is InChI=1S/C18H17ClN4O/c19-16-7-2-1-5-14(16)8-9-18(24)21-17-10-12-23(22-17)13-15-6-3-4-11-20-15/h1-7,10-12H,8-9,13H2,(H,21,22,24). The SMILES string of the molecule is O=C(CCc1ccccc1Cl)Nc1ccn(Cc2ccccn2)n1. The molecule has 0 aliphatic heterocycles. The van der Waals surface area contributed by atoms with Gasteiger partial charge in [-0.15, -0.1) is 0 Å². The third-order valence-corrected chi connectivity index (χ3v) is 3.91. The van der Waals surface area contributed by atoms with Crippen molar-refractivity contribution in [1.29, 1.82) is 0 Å². The van der Waals surface area contributed by atoms with Gasteiger partial charge in [-0.2, -0.15) is 5.10 Å². The van der Waals surface area contributed by atoms with Crippen molar-refractivity contribution in [1.82, 2.24) is 14.8 Å². The molecule has 0 radical (unpaired) electrons. The van der Waals surface area contributed by atoms with Crippen molar-refractivity contribution >= 4 is 23.3 Å². The second-order valence-electron chi connectivity index (χ2n) is 5.36. The van der Waals surface area contributed by atoms with E-state index in [1.807, 2.05) is 48.7 Å². The fourth-order valence-corrected chi connectivity index (χ4v) is 2.56. The molecule has 0 saturated heterocycles. The van der Waals surface area contributed by atoms with E-state index >= 15 is 0 Å².